The first kappa shape index (κ1) is 45.3. The average molecular weight is 909 g/mol. The van der Waals surface area contributed by atoms with Crippen molar-refractivity contribution in [1.29, 1.82) is 0 Å². The Labute approximate surface area is 384 Å². The zero-order valence-electron chi connectivity index (χ0n) is 38.1. The number of carbonyl (C=O) groups is 5. The van der Waals surface area contributed by atoms with Gasteiger partial charge in [-0.1, -0.05) is 19.8 Å². The maximum absolute atomic E-state index is 15.2. The average Bonchev–Trinajstić information content (AvgIpc) is 3.85. The number of carbonyl (C=O) groups excluding carboxylic acids is 5. The number of likely N-dealkylation sites (tertiary alicyclic amines) is 1. The quantitative estimate of drug-likeness (QED) is 0.178. The molecule has 66 heavy (non-hydrogen) atoms. The van der Waals surface area contributed by atoms with Crippen molar-refractivity contribution in [3.05, 3.63) is 53.7 Å². The van der Waals surface area contributed by atoms with Crippen LogP contribution in [0.4, 0.5) is 33.2 Å². The standard InChI is InChI=1S/C48H61FN10O7/c1-4-36-45(65)56(2)37-26-51-46(54-41(37)59(36)31-7-5-6-8-31)52-35-11-9-30(23-38(35)66-3)42(62)55-48(19-22-60)17-15-47(16-18-48)27-58(28-47)44(64)29-13-20-57(21-14-29)32-24-34(49)40(50-25-32)33-10-12-39(61)53-43(33)63/h9,11,23-26,29,31,33,36,60H,4-8,10,12-22,27-28H2,1-3H3,(H,55,62)(H,51,52,54)(H,53,61,63)/t33?,36-/m1/s1. The summed E-state index contributed by atoms with van der Waals surface area (Å²) < 4.78 is 20.9. The lowest BCUT2D eigenvalue weighted by molar-refractivity contribution is -0.152. The normalized spacial score (nSPS) is 23.1. The number of fused-ring (bicyclic) bond motifs is 1. The van der Waals surface area contributed by atoms with Crippen molar-refractivity contribution in [3.8, 4) is 5.75 Å². The molecule has 2 aliphatic carbocycles. The van der Waals surface area contributed by atoms with Gasteiger partial charge in [-0.25, -0.2) is 9.37 Å². The van der Waals surface area contributed by atoms with Gasteiger partial charge in [-0.3, -0.25) is 34.3 Å². The number of rotatable bonds is 12. The zero-order chi connectivity index (χ0) is 46.3. The Morgan fingerprint density at radius 1 is 0.985 bits per heavy atom. The van der Waals surface area contributed by atoms with Crippen LogP contribution in [0.2, 0.25) is 0 Å². The van der Waals surface area contributed by atoms with Gasteiger partial charge in [0.15, 0.2) is 5.82 Å². The summed E-state index contributed by atoms with van der Waals surface area (Å²) in [6, 6.07) is 6.53. The van der Waals surface area contributed by atoms with Gasteiger partial charge in [-0.2, -0.15) is 4.98 Å². The van der Waals surface area contributed by atoms with E-state index in [1.807, 2.05) is 16.7 Å². The molecule has 2 atom stereocenters. The van der Waals surface area contributed by atoms with E-state index in [0.29, 0.717) is 99.0 Å². The van der Waals surface area contributed by atoms with E-state index in [1.54, 1.807) is 49.7 Å². The second-order valence-corrected chi connectivity index (χ2v) is 19.3. The molecule has 4 aliphatic heterocycles. The molecule has 17 nitrogen and oxygen atoms in total. The summed E-state index contributed by atoms with van der Waals surface area (Å²) in [4.78, 5) is 86.4. The molecule has 0 radical (unpaired) electrons. The SMILES string of the molecule is CC[C@@H]1C(=O)N(C)c2cnc(Nc3ccc(C(=O)NC4(CCO)CCC5(CC4)CN(C(=O)C4CCN(c6cnc(C7CCC(=O)NC7=O)c(F)c6)CC4)C5)cc3OC)nc2N1C1CCCC1. The van der Waals surface area contributed by atoms with Crippen molar-refractivity contribution < 1.29 is 38.2 Å². The molecule has 1 aromatic carbocycles. The number of amides is 5. The number of aliphatic hydroxyl groups excluding tert-OH is 1. The number of pyridine rings is 1. The molecule has 4 N–H and O–H groups in total. The molecule has 5 amide bonds. The van der Waals surface area contributed by atoms with Gasteiger partial charge >= 0.3 is 0 Å². The Bertz CT molecular complexity index is 2370. The van der Waals surface area contributed by atoms with Crippen molar-refractivity contribution in [2.24, 2.45) is 11.3 Å². The summed E-state index contributed by atoms with van der Waals surface area (Å²) in [6.45, 7) is 4.44. The van der Waals surface area contributed by atoms with Gasteiger partial charge in [0, 0.05) is 80.8 Å². The second kappa shape index (κ2) is 18.4. The van der Waals surface area contributed by atoms with E-state index >= 15 is 4.39 Å². The lowest BCUT2D eigenvalue weighted by Crippen LogP contribution is -2.64. The number of hydrogen-bond donors (Lipinski definition) is 4. The number of hydrogen-bond acceptors (Lipinski definition) is 13. The lowest BCUT2D eigenvalue weighted by Gasteiger charge is -2.56. The van der Waals surface area contributed by atoms with Gasteiger partial charge in [-0.15, -0.1) is 0 Å². The zero-order valence-corrected chi connectivity index (χ0v) is 38.1. The fourth-order valence-corrected chi connectivity index (χ4v) is 11.4. The maximum atomic E-state index is 15.2. The number of nitrogens with zero attached hydrogens (tertiary/aromatic N) is 7. The van der Waals surface area contributed by atoms with Crippen molar-refractivity contribution in [3.63, 3.8) is 0 Å². The smallest absolute Gasteiger partial charge is 0.251 e. The number of anilines is 5. The summed E-state index contributed by atoms with van der Waals surface area (Å²) in [5, 5.41) is 19.0. The molecule has 6 heterocycles. The van der Waals surface area contributed by atoms with Crippen molar-refractivity contribution in [1.82, 2.24) is 30.5 Å². The number of benzene rings is 1. The highest BCUT2D eigenvalue weighted by atomic mass is 19.1. The number of halogens is 1. The van der Waals surface area contributed by atoms with Crippen molar-refractivity contribution in [2.75, 3.05) is 67.0 Å². The summed E-state index contributed by atoms with van der Waals surface area (Å²) in [7, 11) is 3.32. The molecule has 18 heteroatoms. The molecular weight excluding hydrogens is 848 g/mol. The minimum atomic E-state index is -0.795. The van der Waals surface area contributed by atoms with Gasteiger partial charge in [0.2, 0.25) is 29.6 Å². The number of aliphatic hydroxyl groups is 1. The van der Waals surface area contributed by atoms with Crippen LogP contribution in [-0.4, -0.2) is 119 Å². The number of imide groups is 1. The first-order valence-corrected chi connectivity index (χ1v) is 23.7. The number of nitrogens with one attached hydrogen (secondary N) is 3. The Hall–Kier alpha value is -5.91. The summed E-state index contributed by atoms with van der Waals surface area (Å²) in [5.41, 5.74) is 1.70. The molecule has 6 aliphatic rings. The highest BCUT2D eigenvalue weighted by Gasteiger charge is 2.51. The third kappa shape index (κ3) is 8.63. The van der Waals surface area contributed by atoms with Gasteiger partial charge in [0.05, 0.1) is 42.5 Å². The maximum Gasteiger partial charge on any atom is 0.251 e. The molecule has 1 spiro atoms. The van der Waals surface area contributed by atoms with Gasteiger partial charge in [0.1, 0.15) is 23.3 Å². The first-order chi connectivity index (χ1) is 31.8. The van der Waals surface area contributed by atoms with Crippen LogP contribution in [0.5, 0.6) is 5.75 Å². The monoisotopic (exact) mass is 908 g/mol. The van der Waals surface area contributed by atoms with Crippen molar-refractivity contribution in [2.45, 2.75) is 120 Å². The molecular formula is C48H61FN10O7. The van der Waals surface area contributed by atoms with E-state index in [9.17, 15) is 29.1 Å². The third-order valence-corrected chi connectivity index (χ3v) is 15.4. The molecule has 352 valence electrons. The molecule has 2 saturated carbocycles. The van der Waals surface area contributed by atoms with Gasteiger partial charge in [0.25, 0.3) is 5.91 Å². The predicted molar refractivity (Wildman–Crippen MR) is 244 cm³/mol. The van der Waals surface area contributed by atoms with E-state index in [2.05, 4.69) is 30.8 Å². The van der Waals surface area contributed by atoms with Crippen LogP contribution >= 0.6 is 0 Å². The van der Waals surface area contributed by atoms with E-state index in [4.69, 9.17) is 9.72 Å². The largest absolute Gasteiger partial charge is 0.495 e. The topological polar surface area (TPSA) is 203 Å². The fourth-order valence-electron chi connectivity index (χ4n) is 11.4. The molecule has 5 fully saturated rings. The van der Waals surface area contributed by atoms with Crippen LogP contribution in [0.3, 0.4) is 0 Å². The molecule has 2 aromatic heterocycles. The Kier molecular flexibility index (Phi) is 12.6. The van der Waals surface area contributed by atoms with Crippen LogP contribution < -0.4 is 35.4 Å². The Morgan fingerprint density at radius 3 is 2.39 bits per heavy atom. The highest BCUT2D eigenvalue weighted by Crippen LogP contribution is 2.49. The Morgan fingerprint density at radius 2 is 1.73 bits per heavy atom. The summed E-state index contributed by atoms with van der Waals surface area (Å²) in [5.74, 6) is -0.941. The molecule has 1 unspecified atom stereocenters. The van der Waals surface area contributed by atoms with Crippen LogP contribution in [0, 0.1) is 17.2 Å². The van der Waals surface area contributed by atoms with Crippen LogP contribution in [0.1, 0.15) is 119 Å². The van der Waals surface area contributed by atoms with Crippen molar-refractivity contribution >= 4 is 58.4 Å². The Balaban J connectivity index is 0.784. The molecule has 3 saturated heterocycles. The van der Waals surface area contributed by atoms with E-state index in [-0.39, 0.29) is 72.2 Å². The number of likely N-dealkylation sites (N-methyl/N-ethyl adjacent to an activating group) is 1. The van der Waals surface area contributed by atoms with Gasteiger partial charge < -0.3 is 40.1 Å². The predicted octanol–water partition coefficient (Wildman–Crippen LogP) is 4.96. The molecule has 0 bridgehead atoms. The molecule has 9 rings (SSSR count). The van der Waals surface area contributed by atoms with Crippen LogP contribution in [0.15, 0.2) is 36.7 Å². The number of ether oxygens (including phenoxy) is 1. The fraction of sp³-hybridized carbons (Fsp3) is 0.583. The number of piperidine rings is 2. The molecule has 3 aromatic rings. The van der Waals surface area contributed by atoms with Crippen LogP contribution in [-0.2, 0) is 19.2 Å². The van der Waals surface area contributed by atoms with E-state index in [1.165, 1.54) is 6.07 Å². The summed E-state index contributed by atoms with van der Waals surface area (Å²) >= 11 is 0. The number of aromatic nitrogens is 3. The first-order valence-electron chi connectivity index (χ1n) is 23.7. The van der Waals surface area contributed by atoms with Gasteiger partial charge in [-0.05, 0) is 88.8 Å². The minimum Gasteiger partial charge on any atom is -0.495 e. The summed E-state index contributed by atoms with van der Waals surface area (Å²) in [6.07, 6.45) is 13.2. The minimum absolute atomic E-state index is 0.0284. The van der Waals surface area contributed by atoms with E-state index < -0.39 is 23.2 Å². The highest BCUT2D eigenvalue weighted by molar-refractivity contribution is 6.04. The van der Waals surface area contributed by atoms with Crippen LogP contribution in [0.25, 0.3) is 0 Å². The second-order valence-electron chi connectivity index (χ2n) is 19.3. The van der Waals surface area contributed by atoms with E-state index in [0.717, 1.165) is 44.3 Å². The third-order valence-electron chi connectivity index (χ3n) is 15.4. The number of methoxy groups -OCH3 is 1. The lowest BCUT2D eigenvalue weighted by atomic mass is 9.62.